The molecule has 4 heteroatoms. The van der Waals surface area contributed by atoms with Gasteiger partial charge in [0.15, 0.2) is 0 Å². The van der Waals surface area contributed by atoms with Crippen LogP contribution in [0.15, 0.2) is 59.1 Å². The quantitative estimate of drug-likeness (QED) is 0.753. The number of carbonyl (C=O) groups is 1. The summed E-state index contributed by atoms with van der Waals surface area (Å²) < 4.78 is 0.949. The summed E-state index contributed by atoms with van der Waals surface area (Å²) in [5.41, 5.74) is 2.13. The fourth-order valence-electron chi connectivity index (χ4n) is 2.71. The monoisotopic (exact) mass is 375 g/mol. The van der Waals surface area contributed by atoms with E-state index in [1.54, 1.807) is 0 Å². The number of halogens is 1. The highest BCUT2D eigenvalue weighted by molar-refractivity contribution is 9.10. The molecule has 114 valence electrons. The number of nitrogens with zero attached hydrogens (tertiary/aromatic N) is 1. The van der Waals surface area contributed by atoms with Gasteiger partial charge in [0.1, 0.15) is 0 Å². The summed E-state index contributed by atoms with van der Waals surface area (Å²) in [5, 5.41) is 0.488. The maximum atomic E-state index is 12.6. The highest BCUT2D eigenvalue weighted by atomic mass is 79.9. The zero-order valence-electron chi connectivity index (χ0n) is 12.2. The van der Waals surface area contributed by atoms with Gasteiger partial charge < -0.3 is 4.90 Å². The Morgan fingerprint density at radius 3 is 2.68 bits per heavy atom. The van der Waals surface area contributed by atoms with E-state index in [0.717, 1.165) is 35.3 Å². The number of thioether (sulfide) groups is 1. The van der Waals surface area contributed by atoms with Crippen LogP contribution >= 0.6 is 27.7 Å². The molecule has 1 aliphatic heterocycles. The second-order valence-electron chi connectivity index (χ2n) is 5.36. The van der Waals surface area contributed by atoms with Gasteiger partial charge in [0, 0.05) is 34.1 Å². The molecular formula is C18H18BrNOS. The molecule has 1 aliphatic rings. The second-order valence-corrected chi connectivity index (χ2v) is 7.59. The maximum Gasteiger partial charge on any atom is 0.253 e. The molecule has 0 N–H and O–H groups in total. The second kappa shape index (κ2) is 7.34. The summed E-state index contributed by atoms with van der Waals surface area (Å²) >= 11 is 5.39. The van der Waals surface area contributed by atoms with Gasteiger partial charge >= 0.3 is 0 Å². The van der Waals surface area contributed by atoms with E-state index < -0.39 is 0 Å². The third kappa shape index (κ3) is 3.73. The summed E-state index contributed by atoms with van der Waals surface area (Å²) in [7, 11) is 0. The number of rotatable bonds is 2. The molecule has 3 rings (SSSR count). The SMILES string of the molecule is O=C(c1cccc(Br)c1)N1CCSC(c2ccccc2)CC1. The Morgan fingerprint density at radius 1 is 1.09 bits per heavy atom. The number of amides is 1. The molecule has 1 atom stereocenters. The summed E-state index contributed by atoms with van der Waals surface area (Å²) in [4.78, 5) is 14.6. The van der Waals surface area contributed by atoms with E-state index in [1.807, 2.05) is 47.0 Å². The molecule has 22 heavy (non-hydrogen) atoms. The molecule has 1 amide bonds. The first-order chi connectivity index (χ1) is 10.7. The van der Waals surface area contributed by atoms with Crippen LogP contribution in [0.5, 0.6) is 0 Å². The van der Waals surface area contributed by atoms with Crippen LogP contribution in [0.3, 0.4) is 0 Å². The van der Waals surface area contributed by atoms with Crippen LogP contribution in [-0.4, -0.2) is 29.6 Å². The van der Waals surface area contributed by atoms with Gasteiger partial charge in [0.25, 0.3) is 5.91 Å². The molecule has 0 spiro atoms. The van der Waals surface area contributed by atoms with Crippen molar-refractivity contribution in [3.05, 3.63) is 70.2 Å². The summed E-state index contributed by atoms with van der Waals surface area (Å²) in [6, 6.07) is 18.2. The van der Waals surface area contributed by atoms with E-state index in [2.05, 4.69) is 40.2 Å². The van der Waals surface area contributed by atoms with Gasteiger partial charge in [-0.3, -0.25) is 4.79 Å². The van der Waals surface area contributed by atoms with Crippen LogP contribution in [0, 0.1) is 0 Å². The van der Waals surface area contributed by atoms with Crippen molar-refractivity contribution in [2.45, 2.75) is 11.7 Å². The third-order valence-corrected chi connectivity index (χ3v) is 5.69. The van der Waals surface area contributed by atoms with Crippen molar-refractivity contribution in [3.8, 4) is 0 Å². The van der Waals surface area contributed by atoms with Gasteiger partial charge in [-0.15, -0.1) is 0 Å². The van der Waals surface area contributed by atoms with Gasteiger partial charge in [-0.2, -0.15) is 11.8 Å². The van der Waals surface area contributed by atoms with Crippen LogP contribution in [0.25, 0.3) is 0 Å². The minimum Gasteiger partial charge on any atom is -0.338 e. The topological polar surface area (TPSA) is 20.3 Å². The van der Waals surface area contributed by atoms with Crippen molar-refractivity contribution >= 4 is 33.6 Å². The molecule has 0 saturated carbocycles. The summed E-state index contributed by atoms with van der Waals surface area (Å²) in [5.74, 6) is 1.12. The summed E-state index contributed by atoms with van der Waals surface area (Å²) in [6.07, 6.45) is 1.01. The Kier molecular flexibility index (Phi) is 5.21. The predicted molar refractivity (Wildman–Crippen MR) is 96.3 cm³/mol. The Bertz CT molecular complexity index is 647. The van der Waals surface area contributed by atoms with Crippen molar-refractivity contribution in [2.75, 3.05) is 18.8 Å². The lowest BCUT2D eigenvalue weighted by Crippen LogP contribution is -2.32. The largest absolute Gasteiger partial charge is 0.338 e. The summed E-state index contributed by atoms with van der Waals surface area (Å²) in [6.45, 7) is 1.64. The van der Waals surface area contributed by atoms with Gasteiger partial charge in [-0.25, -0.2) is 0 Å². The van der Waals surface area contributed by atoms with E-state index in [0.29, 0.717) is 5.25 Å². The zero-order valence-corrected chi connectivity index (χ0v) is 14.6. The Labute approximate surface area is 144 Å². The van der Waals surface area contributed by atoms with Crippen molar-refractivity contribution in [1.29, 1.82) is 0 Å². The highest BCUT2D eigenvalue weighted by Gasteiger charge is 2.22. The first kappa shape index (κ1) is 15.6. The first-order valence-corrected chi connectivity index (χ1v) is 9.29. The highest BCUT2D eigenvalue weighted by Crippen LogP contribution is 2.34. The lowest BCUT2D eigenvalue weighted by Gasteiger charge is -2.20. The molecule has 1 unspecified atom stereocenters. The van der Waals surface area contributed by atoms with E-state index in [-0.39, 0.29) is 5.91 Å². The standard InChI is InChI=1S/C18H18BrNOS/c19-16-8-4-7-15(13-16)18(21)20-10-9-17(22-12-11-20)14-5-2-1-3-6-14/h1-8,13,17H,9-12H2. The molecule has 2 aromatic carbocycles. The molecule has 1 saturated heterocycles. The van der Waals surface area contributed by atoms with Gasteiger partial charge in [0.2, 0.25) is 0 Å². The fourth-order valence-corrected chi connectivity index (χ4v) is 4.34. The molecule has 0 aliphatic carbocycles. The molecule has 2 nitrogen and oxygen atoms in total. The lowest BCUT2D eigenvalue weighted by atomic mass is 10.1. The average molecular weight is 376 g/mol. The molecule has 0 bridgehead atoms. The van der Waals surface area contributed by atoms with Gasteiger partial charge in [-0.05, 0) is 30.2 Å². The molecule has 1 heterocycles. The number of benzene rings is 2. The Balaban J connectivity index is 1.69. The fraction of sp³-hybridized carbons (Fsp3) is 0.278. The molecule has 2 aromatic rings. The predicted octanol–water partition coefficient (Wildman–Crippen LogP) is 4.77. The van der Waals surface area contributed by atoms with E-state index in [1.165, 1.54) is 5.56 Å². The Morgan fingerprint density at radius 2 is 1.91 bits per heavy atom. The van der Waals surface area contributed by atoms with Crippen LogP contribution < -0.4 is 0 Å². The molecule has 0 aromatic heterocycles. The van der Waals surface area contributed by atoms with Crippen LogP contribution in [0.2, 0.25) is 0 Å². The first-order valence-electron chi connectivity index (χ1n) is 7.45. The van der Waals surface area contributed by atoms with Crippen molar-refractivity contribution in [2.24, 2.45) is 0 Å². The smallest absolute Gasteiger partial charge is 0.253 e. The van der Waals surface area contributed by atoms with Crippen LogP contribution in [0.1, 0.15) is 27.6 Å². The van der Waals surface area contributed by atoms with Crippen molar-refractivity contribution in [3.63, 3.8) is 0 Å². The zero-order chi connectivity index (χ0) is 15.4. The van der Waals surface area contributed by atoms with Gasteiger partial charge in [0.05, 0.1) is 0 Å². The number of carbonyl (C=O) groups excluding carboxylic acids is 1. The minimum absolute atomic E-state index is 0.135. The van der Waals surface area contributed by atoms with Crippen molar-refractivity contribution < 1.29 is 4.79 Å². The van der Waals surface area contributed by atoms with E-state index in [4.69, 9.17) is 0 Å². The average Bonchev–Trinajstić information content (AvgIpc) is 2.81. The third-order valence-electron chi connectivity index (χ3n) is 3.87. The van der Waals surface area contributed by atoms with Gasteiger partial charge in [-0.1, -0.05) is 52.3 Å². The van der Waals surface area contributed by atoms with E-state index in [9.17, 15) is 4.79 Å². The minimum atomic E-state index is 0.135. The lowest BCUT2D eigenvalue weighted by molar-refractivity contribution is 0.0766. The number of hydrogen-bond acceptors (Lipinski definition) is 2. The molecule has 1 fully saturated rings. The normalized spacial score (nSPS) is 18.8. The van der Waals surface area contributed by atoms with Crippen LogP contribution in [0.4, 0.5) is 0 Å². The van der Waals surface area contributed by atoms with E-state index >= 15 is 0 Å². The van der Waals surface area contributed by atoms with Crippen molar-refractivity contribution in [1.82, 2.24) is 4.90 Å². The number of hydrogen-bond donors (Lipinski definition) is 0. The van der Waals surface area contributed by atoms with Crippen LogP contribution in [-0.2, 0) is 0 Å². The maximum absolute atomic E-state index is 12.6. The molecular weight excluding hydrogens is 358 g/mol. The Hall–Kier alpha value is -1.26. The molecule has 0 radical (unpaired) electrons.